The molecule has 0 radical (unpaired) electrons. The monoisotopic (exact) mass is 256 g/mol. The third kappa shape index (κ3) is 4.13. The molecule has 1 rings (SSSR count). The van der Waals surface area contributed by atoms with E-state index in [9.17, 15) is 9.59 Å². The Hall–Kier alpha value is -1.96. The lowest BCUT2D eigenvalue weighted by Gasteiger charge is -2.14. The summed E-state index contributed by atoms with van der Waals surface area (Å²) in [6, 6.07) is -0.105. The lowest BCUT2D eigenvalue weighted by atomic mass is 10.2. The van der Waals surface area contributed by atoms with Gasteiger partial charge in [0.25, 0.3) is 5.91 Å². The van der Waals surface area contributed by atoms with Crippen LogP contribution in [0.5, 0.6) is 0 Å². The van der Waals surface area contributed by atoms with Crippen LogP contribution in [0.1, 0.15) is 23.8 Å². The minimum Gasteiger partial charge on any atom is -0.480 e. The molecule has 0 aliphatic rings. The van der Waals surface area contributed by atoms with Gasteiger partial charge in [-0.15, -0.1) is 5.10 Å². The summed E-state index contributed by atoms with van der Waals surface area (Å²) in [5.74, 6) is -1.44. The molecule has 0 saturated heterocycles. The molecule has 0 aliphatic carbocycles. The average Bonchev–Trinajstić information content (AvgIpc) is 2.76. The number of nitrogens with zero attached hydrogens (tertiary/aromatic N) is 3. The minimum atomic E-state index is -1.04. The molecule has 8 heteroatoms. The number of methoxy groups -OCH3 is 1. The van der Waals surface area contributed by atoms with Gasteiger partial charge in [-0.2, -0.15) is 0 Å². The van der Waals surface area contributed by atoms with E-state index in [0.717, 1.165) is 11.1 Å². The van der Waals surface area contributed by atoms with Crippen LogP contribution in [0, 0.1) is 0 Å². The zero-order chi connectivity index (χ0) is 13.5. The van der Waals surface area contributed by atoms with Crippen molar-refractivity contribution in [1.82, 2.24) is 20.3 Å². The Morgan fingerprint density at radius 2 is 2.33 bits per heavy atom. The molecular weight excluding hydrogens is 240 g/mol. The molecule has 18 heavy (non-hydrogen) atoms. The number of carbonyl (C=O) groups excluding carboxylic acids is 1. The molecule has 1 unspecified atom stereocenters. The number of amides is 1. The van der Waals surface area contributed by atoms with Gasteiger partial charge in [-0.1, -0.05) is 12.1 Å². The lowest BCUT2D eigenvalue weighted by molar-refractivity contribution is -0.137. The first-order chi connectivity index (χ1) is 8.56. The van der Waals surface area contributed by atoms with E-state index in [-0.39, 0.29) is 18.3 Å². The highest BCUT2D eigenvalue weighted by Gasteiger charge is 2.15. The molecule has 0 fully saturated rings. The van der Waals surface area contributed by atoms with E-state index in [4.69, 9.17) is 9.84 Å². The first kappa shape index (κ1) is 14.1. The summed E-state index contributed by atoms with van der Waals surface area (Å²) < 4.78 is 6.05. The molecule has 1 amide bonds. The maximum atomic E-state index is 11.8. The van der Waals surface area contributed by atoms with Crippen molar-refractivity contribution < 1.29 is 19.4 Å². The number of carboxylic acids is 1. The summed E-state index contributed by atoms with van der Waals surface area (Å²) in [4.78, 5) is 22.2. The van der Waals surface area contributed by atoms with Gasteiger partial charge in [-0.3, -0.25) is 9.59 Å². The van der Waals surface area contributed by atoms with Gasteiger partial charge in [0.2, 0.25) is 0 Å². The standard InChI is InChI=1S/C10H16N4O4/c1-3-7(6-18-2)11-10(17)8-4-14(13-12-8)5-9(15)16/h4,7H,3,5-6H2,1-2H3,(H,11,17)(H,15,16). The summed E-state index contributed by atoms with van der Waals surface area (Å²) in [6.07, 6.45) is 2.02. The van der Waals surface area contributed by atoms with Crippen molar-refractivity contribution in [3.63, 3.8) is 0 Å². The Morgan fingerprint density at radius 1 is 1.61 bits per heavy atom. The smallest absolute Gasteiger partial charge is 0.325 e. The summed E-state index contributed by atoms with van der Waals surface area (Å²) in [7, 11) is 1.55. The fraction of sp³-hybridized carbons (Fsp3) is 0.600. The van der Waals surface area contributed by atoms with Crippen LogP contribution in [0.25, 0.3) is 0 Å². The van der Waals surface area contributed by atoms with E-state index in [1.165, 1.54) is 6.20 Å². The summed E-state index contributed by atoms with van der Waals surface area (Å²) in [5.41, 5.74) is 0.0887. The van der Waals surface area contributed by atoms with Gasteiger partial charge in [0.1, 0.15) is 6.54 Å². The van der Waals surface area contributed by atoms with Crippen LogP contribution in [0.15, 0.2) is 6.20 Å². The van der Waals surface area contributed by atoms with Crippen molar-refractivity contribution in [2.45, 2.75) is 25.9 Å². The van der Waals surface area contributed by atoms with Crippen LogP contribution in [0.2, 0.25) is 0 Å². The largest absolute Gasteiger partial charge is 0.480 e. The Morgan fingerprint density at radius 3 is 2.89 bits per heavy atom. The van der Waals surface area contributed by atoms with Crippen LogP contribution < -0.4 is 5.32 Å². The van der Waals surface area contributed by atoms with Crippen LogP contribution in [-0.4, -0.2) is 51.7 Å². The van der Waals surface area contributed by atoms with Crippen molar-refractivity contribution in [2.24, 2.45) is 0 Å². The Bertz CT molecular complexity index is 418. The zero-order valence-electron chi connectivity index (χ0n) is 10.3. The normalized spacial score (nSPS) is 12.1. The third-order valence-electron chi connectivity index (χ3n) is 2.26. The van der Waals surface area contributed by atoms with Gasteiger partial charge in [0, 0.05) is 7.11 Å². The van der Waals surface area contributed by atoms with E-state index in [1.807, 2.05) is 6.92 Å². The second kappa shape index (κ2) is 6.70. The number of carboxylic acid groups (broad SMARTS) is 1. The first-order valence-corrected chi connectivity index (χ1v) is 5.48. The van der Waals surface area contributed by atoms with E-state index in [2.05, 4.69) is 15.6 Å². The number of hydrogen-bond acceptors (Lipinski definition) is 5. The van der Waals surface area contributed by atoms with Gasteiger partial charge in [-0.05, 0) is 6.42 Å². The number of nitrogens with one attached hydrogen (secondary N) is 1. The SMILES string of the molecule is CCC(COC)NC(=O)c1cn(CC(=O)O)nn1. The molecule has 100 valence electrons. The molecule has 1 atom stereocenters. The Kier molecular flexibility index (Phi) is 5.25. The predicted octanol–water partition coefficient (Wildman–Crippen LogP) is -0.482. The molecule has 0 spiro atoms. The van der Waals surface area contributed by atoms with E-state index in [1.54, 1.807) is 7.11 Å². The Balaban J connectivity index is 2.60. The van der Waals surface area contributed by atoms with Gasteiger partial charge in [-0.25, -0.2) is 4.68 Å². The first-order valence-electron chi connectivity index (χ1n) is 5.48. The molecule has 1 aromatic rings. The number of ether oxygens (including phenoxy) is 1. The molecule has 1 heterocycles. The second-order valence-electron chi connectivity index (χ2n) is 3.73. The molecule has 0 bridgehead atoms. The minimum absolute atomic E-state index is 0.0887. The fourth-order valence-electron chi connectivity index (χ4n) is 1.34. The zero-order valence-corrected chi connectivity index (χ0v) is 10.3. The molecule has 0 aliphatic heterocycles. The number of aliphatic carboxylic acids is 1. The Labute approximate surface area is 104 Å². The highest BCUT2D eigenvalue weighted by molar-refractivity contribution is 5.92. The summed E-state index contributed by atoms with van der Waals surface area (Å²) in [6.45, 7) is 2.01. The topological polar surface area (TPSA) is 106 Å². The van der Waals surface area contributed by atoms with Crippen molar-refractivity contribution in [3.05, 3.63) is 11.9 Å². The van der Waals surface area contributed by atoms with Gasteiger partial charge >= 0.3 is 5.97 Å². The molecular formula is C10H16N4O4. The van der Waals surface area contributed by atoms with Crippen LogP contribution in [0.3, 0.4) is 0 Å². The maximum absolute atomic E-state index is 11.8. The van der Waals surface area contributed by atoms with Crippen molar-refractivity contribution in [1.29, 1.82) is 0 Å². The van der Waals surface area contributed by atoms with Crippen LogP contribution in [0.4, 0.5) is 0 Å². The van der Waals surface area contributed by atoms with E-state index in [0.29, 0.717) is 6.61 Å². The number of carbonyl (C=O) groups is 2. The average molecular weight is 256 g/mol. The third-order valence-corrected chi connectivity index (χ3v) is 2.26. The number of aromatic nitrogens is 3. The van der Waals surface area contributed by atoms with Gasteiger partial charge < -0.3 is 15.2 Å². The second-order valence-corrected chi connectivity index (χ2v) is 3.73. The number of rotatable bonds is 7. The molecule has 0 aromatic carbocycles. The highest BCUT2D eigenvalue weighted by Crippen LogP contribution is 1.97. The quantitative estimate of drug-likeness (QED) is 0.682. The summed E-state index contributed by atoms with van der Waals surface area (Å²) >= 11 is 0. The van der Waals surface area contributed by atoms with Gasteiger partial charge in [0.05, 0.1) is 18.8 Å². The molecule has 0 saturated carbocycles. The highest BCUT2D eigenvalue weighted by atomic mass is 16.5. The predicted molar refractivity (Wildman–Crippen MR) is 61.1 cm³/mol. The van der Waals surface area contributed by atoms with Crippen LogP contribution >= 0.6 is 0 Å². The van der Waals surface area contributed by atoms with Crippen LogP contribution in [-0.2, 0) is 16.1 Å². The van der Waals surface area contributed by atoms with E-state index < -0.39 is 11.9 Å². The summed E-state index contributed by atoms with van der Waals surface area (Å²) in [5, 5.41) is 18.4. The van der Waals surface area contributed by atoms with Gasteiger partial charge in [0.15, 0.2) is 5.69 Å². The molecule has 1 aromatic heterocycles. The number of hydrogen-bond donors (Lipinski definition) is 2. The lowest BCUT2D eigenvalue weighted by Crippen LogP contribution is -2.37. The molecule has 2 N–H and O–H groups in total. The maximum Gasteiger partial charge on any atom is 0.325 e. The van der Waals surface area contributed by atoms with Crippen molar-refractivity contribution in [3.8, 4) is 0 Å². The molecule has 8 nitrogen and oxygen atoms in total. The van der Waals surface area contributed by atoms with E-state index >= 15 is 0 Å². The van der Waals surface area contributed by atoms with Crippen molar-refractivity contribution >= 4 is 11.9 Å². The fourth-order valence-corrected chi connectivity index (χ4v) is 1.34. The van der Waals surface area contributed by atoms with Crippen molar-refractivity contribution in [2.75, 3.05) is 13.7 Å².